The van der Waals surface area contributed by atoms with Crippen LogP contribution in [0.5, 0.6) is 5.75 Å². The van der Waals surface area contributed by atoms with Crippen LogP contribution in [0, 0.1) is 20.8 Å². The Morgan fingerprint density at radius 3 is 2.24 bits per heavy atom. The van der Waals surface area contributed by atoms with E-state index in [2.05, 4.69) is 36.5 Å². The topological polar surface area (TPSA) is 41.6 Å². The van der Waals surface area contributed by atoms with E-state index in [-0.39, 0.29) is 5.91 Å². The van der Waals surface area contributed by atoms with E-state index < -0.39 is 0 Å². The van der Waals surface area contributed by atoms with Crippen molar-refractivity contribution < 1.29 is 9.53 Å². The van der Waals surface area contributed by atoms with Crippen LogP contribution in [0.4, 0.5) is 5.69 Å². The molecule has 0 aliphatic heterocycles. The quantitative estimate of drug-likeness (QED) is 0.835. The fraction of sp³-hybridized carbons (Fsp3) is 0.381. The molecular weight excluding hydrogens is 312 g/mol. The van der Waals surface area contributed by atoms with Crippen molar-refractivity contribution in [2.75, 3.05) is 32.6 Å². The Morgan fingerprint density at radius 2 is 1.68 bits per heavy atom. The average Bonchev–Trinajstić information content (AvgIpc) is 2.56. The summed E-state index contributed by atoms with van der Waals surface area (Å²) >= 11 is 0. The van der Waals surface area contributed by atoms with Crippen molar-refractivity contribution in [1.82, 2.24) is 4.90 Å². The van der Waals surface area contributed by atoms with Gasteiger partial charge in [-0.25, -0.2) is 0 Å². The molecule has 1 amide bonds. The minimum absolute atomic E-state index is 0.0206. The molecule has 2 aromatic carbocycles. The van der Waals surface area contributed by atoms with Gasteiger partial charge in [-0.3, -0.25) is 9.69 Å². The molecule has 134 valence electrons. The zero-order valence-electron chi connectivity index (χ0n) is 15.8. The highest BCUT2D eigenvalue weighted by Gasteiger charge is 2.10. The number of likely N-dealkylation sites (N-methyl/N-ethyl adjacent to an activating group) is 1. The standard InChI is InChI=1S/C21H28N2O2/c1-15-12-16(2)21(17(3)13-15)22-20(24)14-23(4)11-10-18-6-8-19(25-5)9-7-18/h6-9,12-13H,10-11,14H2,1-5H3,(H,22,24). The lowest BCUT2D eigenvalue weighted by atomic mass is 10.1. The van der Waals surface area contributed by atoms with Crippen molar-refractivity contribution in [2.24, 2.45) is 0 Å². The molecule has 2 aromatic rings. The summed E-state index contributed by atoms with van der Waals surface area (Å²) in [4.78, 5) is 14.4. The lowest BCUT2D eigenvalue weighted by Gasteiger charge is -2.18. The second kappa shape index (κ2) is 8.67. The number of anilines is 1. The van der Waals surface area contributed by atoms with E-state index in [1.54, 1.807) is 7.11 Å². The second-order valence-corrected chi connectivity index (χ2v) is 6.66. The monoisotopic (exact) mass is 340 g/mol. The Bertz CT molecular complexity index is 700. The number of rotatable bonds is 7. The number of amides is 1. The number of hydrogen-bond donors (Lipinski definition) is 1. The van der Waals surface area contributed by atoms with Crippen molar-refractivity contribution in [3.05, 3.63) is 58.7 Å². The summed E-state index contributed by atoms with van der Waals surface area (Å²) in [6.45, 7) is 7.33. The maximum atomic E-state index is 12.3. The molecule has 2 rings (SSSR count). The van der Waals surface area contributed by atoms with Crippen LogP contribution < -0.4 is 10.1 Å². The maximum Gasteiger partial charge on any atom is 0.238 e. The lowest BCUT2D eigenvalue weighted by molar-refractivity contribution is -0.117. The number of methoxy groups -OCH3 is 1. The Labute approximate surface area is 150 Å². The molecule has 0 radical (unpaired) electrons. The maximum absolute atomic E-state index is 12.3. The van der Waals surface area contributed by atoms with Crippen LogP contribution in [0.25, 0.3) is 0 Å². The molecule has 0 atom stereocenters. The van der Waals surface area contributed by atoms with Crippen molar-refractivity contribution in [2.45, 2.75) is 27.2 Å². The number of benzene rings is 2. The Morgan fingerprint density at radius 1 is 1.08 bits per heavy atom. The van der Waals surface area contributed by atoms with Crippen LogP contribution in [0.3, 0.4) is 0 Å². The minimum atomic E-state index is 0.0206. The summed E-state index contributed by atoms with van der Waals surface area (Å²) in [6, 6.07) is 12.2. The van der Waals surface area contributed by atoms with Gasteiger partial charge >= 0.3 is 0 Å². The van der Waals surface area contributed by atoms with Gasteiger partial charge in [0.2, 0.25) is 5.91 Å². The predicted octanol–water partition coefficient (Wildman–Crippen LogP) is 3.73. The largest absolute Gasteiger partial charge is 0.497 e. The molecule has 0 saturated carbocycles. The number of carbonyl (C=O) groups is 1. The summed E-state index contributed by atoms with van der Waals surface area (Å²) in [6.07, 6.45) is 0.899. The molecule has 0 aliphatic rings. The van der Waals surface area contributed by atoms with E-state index in [1.807, 2.05) is 37.9 Å². The van der Waals surface area contributed by atoms with Crippen LogP contribution in [-0.2, 0) is 11.2 Å². The predicted molar refractivity (Wildman–Crippen MR) is 103 cm³/mol. The van der Waals surface area contributed by atoms with Gasteiger partial charge in [-0.05, 0) is 63.1 Å². The summed E-state index contributed by atoms with van der Waals surface area (Å²) in [5.74, 6) is 0.882. The Kier molecular flexibility index (Phi) is 6.59. The SMILES string of the molecule is COc1ccc(CCN(C)CC(=O)Nc2c(C)cc(C)cc2C)cc1. The molecular formula is C21H28N2O2. The van der Waals surface area contributed by atoms with Crippen LogP contribution >= 0.6 is 0 Å². The third-order valence-electron chi connectivity index (χ3n) is 4.30. The zero-order chi connectivity index (χ0) is 18.4. The molecule has 0 aromatic heterocycles. The third kappa shape index (κ3) is 5.61. The van der Waals surface area contributed by atoms with Crippen LogP contribution in [0.2, 0.25) is 0 Å². The lowest BCUT2D eigenvalue weighted by Crippen LogP contribution is -2.32. The van der Waals surface area contributed by atoms with Gasteiger partial charge in [0.1, 0.15) is 5.75 Å². The zero-order valence-corrected chi connectivity index (χ0v) is 15.8. The first-order valence-electron chi connectivity index (χ1n) is 8.58. The van der Waals surface area contributed by atoms with Crippen molar-refractivity contribution >= 4 is 11.6 Å². The van der Waals surface area contributed by atoms with Gasteiger partial charge in [0.15, 0.2) is 0 Å². The molecule has 0 aliphatic carbocycles. The fourth-order valence-electron chi connectivity index (χ4n) is 2.99. The van der Waals surface area contributed by atoms with Crippen LogP contribution in [-0.4, -0.2) is 38.1 Å². The highest BCUT2D eigenvalue weighted by molar-refractivity contribution is 5.93. The summed E-state index contributed by atoms with van der Waals surface area (Å²) in [5, 5.41) is 3.05. The third-order valence-corrected chi connectivity index (χ3v) is 4.30. The Hall–Kier alpha value is -2.33. The van der Waals surface area contributed by atoms with E-state index >= 15 is 0 Å². The van der Waals surface area contributed by atoms with E-state index in [4.69, 9.17) is 4.74 Å². The van der Waals surface area contributed by atoms with Crippen molar-refractivity contribution in [1.29, 1.82) is 0 Å². The van der Waals surface area contributed by atoms with Gasteiger partial charge in [0.25, 0.3) is 0 Å². The molecule has 25 heavy (non-hydrogen) atoms. The number of hydrogen-bond acceptors (Lipinski definition) is 3. The van der Waals surface area contributed by atoms with E-state index in [9.17, 15) is 4.79 Å². The number of ether oxygens (including phenoxy) is 1. The van der Waals surface area contributed by atoms with E-state index in [1.165, 1.54) is 11.1 Å². The van der Waals surface area contributed by atoms with Gasteiger partial charge in [-0.1, -0.05) is 29.8 Å². The van der Waals surface area contributed by atoms with Gasteiger partial charge in [-0.15, -0.1) is 0 Å². The van der Waals surface area contributed by atoms with Crippen molar-refractivity contribution in [3.63, 3.8) is 0 Å². The number of carbonyl (C=O) groups excluding carboxylic acids is 1. The minimum Gasteiger partial charge on any atom is -0.497 e. The summed E-state index contributed by atoms with van der Waals surface area (Å²) in [5.41, 5.74) is 5.58. The highest BCUT2D eigenvalue weighted by atomic mass is 16.5. The van der Waals surface area contributed by atoms with Crippen LogP contribution in [0.15, 0.2) is 36.4 Å². The fourth-order valence-corrected chi connectivity index (χ4v) is 2.99. The second-order valence-electron chi connectivity index (χ2n) is 6.66. The molecule has 4 nitrogen and oxygen atoms in total. The molecule has 0 saturated heterocycles. The van der Waals surface area contributed by atoms with Gasteiger partial charge in [0, 0.05) is 12.2 Å². The van der Waals surface area contributed by atoms with E-state index in [0.717, 1.165) is 35.5 Å². The molecule has 0 spiro atoms. The molecule has 0 fully saturated rings. The number of nitrogens with one attached hydrogen (secondary N) is 1. The first-order chi connectivity index (χ1) is 11.9. The average molecular weight is 340 g/mol. The first kappa shape index (κ1) is 19.0. The molecule has 1 N–H and O–H groups in total. The molecule has 0 bridgehead atoms. The van der Waals surface area contributed by atoms with Gasteiger partial charge < -0.3 is 10.1 Å². The van der Waals surface area contributed by atoms with Gasteiger partial charge in [-0.2, -0.15) is 0 Å². The normalized spacial score (nSPS) is 10.8. The van der Waals surface area contributed by atoms with E-state index in [0.29, 0.717) is 6.54 Å². The molecule has 0 heterocycles. The first-order valence-corrected chi connectivity index (χ1v) is 8.58. The summed E-state index contributed by atoms with van der Waals surface area (Å²) in [7, 11) is 3.64. The highest BCUT2D eigenvalue weighted by Crippen LogP contribution is 2.21. The molecule has 0 unspecified atom stereocenters. The molecule has 4 heteroatoms. The smallest absolute Gasteiger partial charge is 0.238 e. The van der Waals surface area contributed by atoms with Crippen molar-refractivity contribution in [3.8, 4) is 5.75 Å². The number of nitrogens with zero attached hydrogens (tertiary/aromatic N) is 1. The van der Waals surface area contributed by atoms with Crippen LogP contribution in [0.1, 0.15) is 22.3 Å². The van der Waals surface area contributed by atoms with Gasteiger partial charge in [0.05, 0.1) is 13.7 Å². The number of aryl methyl sites for hydroxylation is 3. The summed E-state index contributed by atoms with van der Waals surface area (Å²) < 4.78 is 5.17. The Balaban J connectivity index is 1.85.